The number of amides is 2. The molecular weight excluding hydrogens is 296 g/mol. The molecule has 124 valence electrons. The van der Waals surface area contributed by atoms with Crippen molar-refractivity contribution in [3.63, 3.8) is 0 Å². The van der Waals surface area contributed by atoms with Crippen LogP contribution in [0.1, 0.15) is 22.3 Å². The van der Waals surface area contributed by atoms with E-state index in [-0.39, 0.29) is 17.9 Å². The van der Waals surface area contributed by atoms with E-state index in [9.17, 15) is 14.7 Å². The first-order valence-electron chi connectivity index (χ1n) is 7.52. The third-order valence-corrected chi connectivity index (χ3v) is 3.87. The van der Waals surface area contributed by atoms with Gasteiger partial charge in [0, 0.05) is 25.8 Å². The summed E-state index contributed by atoms with van der Waals surface area (Å²) in [5, 5.41) is 12.5. The molecule has 1 aliphatic heterocycles. The number of rotatable bonds is 6. The average Bonchev–Trinajstić information content (AvgIpc) is 2.93. The van der Waals surface area contributed by atoms with Crippen molar-refractivity contribution in [2.45, 2.75) is 25.1 Å². The largest absolute Gasteiger partial charge is 0.391 e. The van der Waals surface area contributed by atoms with Crippen LogP contribution in [-0.4, -0.2) is 54.2 Å². The molecule has 1 aliphatic rings. The average molecular weight is 318 g/mol. The fraction of sp³-hybridized carbons (Fsp3) is 0.412. The molecule has 23 heavy (non-hydrogen) atoms. The molecule has 6 nitrogen and oxygen atoms in total. The monoisotopic (exact) mass is 318 g/mol. The van der Waals surface area contributed by atoms with Gasteiger partial charge in [-0.2, -0.15) is 0 Å². The minimum Gasteiger partial charge on any atom is -0.391 e. The van der Waals surface area contributed by atoms with E-state index in [1.807, 2.05) is 0 Å². The lowest BCUT2D eigenvalue weighted by molar-refractivity contribution is -0.116. The topological polar surface area (TPSA) is 78.9 Å². The number of β-amino-alcohol motifs (C(OH)–C–C–N with tert-alkyl or cyclic N) is 1. The van der Waals surface area contributed by atoms with Crippen LogP contribution in [0.4, 0.5) is 0 Å². The van der Waals surface area contributed by atoms with Crippen molar-refractivity contribution in [1.29, 1.82) is 0 Å². The number of benzene rings is 1. The Kier molecular flexibility index (Phi) is 5.90. The molecule has 0 aliphatic carbocycles. The molecule has 2 atom stereocenters. The van der Waals surface area contributed by atoms with E-state index < -0.39 is 6.10 Å². The molecule has 2 rings (SSSR count). The fourth-order valence-corrected chi connectivity index (χ4v) is 2.68. The molecular formula is C17H22N2O4. The van der Waals surface area contributed by atoms with Gasteiger partial charge >= 0.3 is 0 Å². The van der Waals surface area contributed by atoms with Gasteiger partial charge in [0.25, 0.3) is 5.91 Å². The normalized spacial score (nSPS) is 20.3. The highest BCUT2D eigenvalue weighted by Gasteiger charge is 2.34. The van der Waals surface area contributed by atoms with Crippen LogP contribution < -0.4 is 5.32 Å². The predicted octanol–water partition coefficient (Wildman–Crippen LogP) is 0.711. The third kappa shape index (κ3) is 4.40. The number of nitrogens with zero attached hydrogens (tertiary/aromatic N) is 1. The Bertz CT molecular complexity index is 570. The van der Waals surface area contributed by atoms with Gasteiger partial charge in [0.1, 0.15) is 0 Å². The summed E-state index contributed by atoms with van der Waals surface area (Å²) in [6, 6.07) is 6.95. The molecule has 0 spiro atoms. The molecule has 0 saturated carbocycles. The quantitative estimate of drug-likeness (QED) is 0.757. The Morgan fingerprint density at radius 2 is 2.13 bits per heavy atom. The minimum atomic E-state index is -0.507. The molecule has 1 saturated heterocycles. The number of carbonyl (C=O) groups is 2. The maximum atomic E-state index is 12.6. The Labute approximate surface area is 135 Å². The van der Waals surface area contributed by atoms with E-state index in [0.29, 0.717) is 31.7 Å². The van der Waals surface area contributed by atoms with Gasteiger partial charge in [0.05, 0.1) is 18.8 Å². The van der Waals surface area contributed by atoms with Crippen molar-refractivity contribution in [1.82, 2.24) is 10.2 Å². The smallest absolute Gasteiger partial charge is 0.254 e. The summed E-state index contributed by atoms with van der Waals surface area (Å²) in [5.74, 6) is -0.358. The number of aliphatic hydroxyl groups is 1. The molecule has 0 unspecified atom stereocenters. The summed E-state index contributed by atoms with van der Waals surface area (Å²) in [4.78, 5) is 25.4. The van der Waals surface area contributed by atoms with E-state index in [4.69, 9.17) is 4.74 Å². The minimum absolute atomic E-state index is 0.103. The molecule has 1 aromatic carbocycles. The molecule has 1 aromatic rings. The summed E-state index contributed by atoms with van der Waals surface area (Å²) in [6.45, 7) is 4.51. The zero-order valence-corrected chi connectivity index (χ0v) is 13.2. The van der Waals surface area contributed by atoms with Gasteiger partial charge in [0.15, 0.2) is 0 Å². The Balaban J connectivity index is 2.02. The highest BCUT2D eigenvalue weighted by Crippen LogP contribution is 2.21. The van der Waals surface area contributed by atoms with Gasteiger partial charge in [-0.15, -0.1) is 0 Å². The van der Waals surface area contributed by atoms with E-state index in [1.54, 1.807) is 36.3 Å². The summed E-state index contributed by atoms with van der Waals surface area (Å²) >= 11 is 0. The number of nitrogens with one attached hydrogen (secondary N) is 1. The standard InChI is InChI=1S/C17H22N2O4/c1-3-16(21)18-9-12-4-6-13(7-5-12)17(22)19-10-15(20)8-14(19)11-23-2/h3-7,14-15,20H,1,8-11H2,2H3,(H,18,21)/t14-,15-/m1/s1. The van der Waals surface area contributed by atoms with Crippen LogP contribution in [0.2, 0.25) is 0 Å². The van der Waals surface area contributed by atoms with Gasteiger partial charge in [-0.05, 0) is 30.2 Å². The van der Waals surface area contributed by atoms with Crippen LogP contribution in [0.3, 0.4) is 0 Å². The fourth-order valence-electron chi connectivity index (χ4n) is 2.68. The van der Waals surface area contributed by atoms with E-state index in [2.05, 4.69) is 11.9 Å². The number of carbonyl (C=O) groups excluding carboxylic acids is 2. The Morgan fingerprint density at radius 1 is 1.43 bits per heavy atom. The summed E-state index contributed by atoms with van der Waals surface area (Å²) < 4.78 is 5.12. The SMILES string of the molecule is C=CC(=O)NCc1ccc(C(=O)N2C[C@H](O)C[C@@H]2COC)cc1. The molecule has 2 N–H and O–H groups in total. The molecule has 6 heteroatoms. The molecule has 0 bridgehead atoms. The first kappa shape index (κ1) is 17.2. The number of hydrogen-bond donors (Lipinski definition) is 2. The first-order valence-corrected chi connectivity index (χ1v) is 7.52. The van der Waals surface area contributed by atoms with Gasteiger partial charge < -0.3 is 20.1 Å². The maximum absolute atomic E-state index is 12.6. The van der Waals surface area contributed by atoms with E-state index >= 15 is 0 Å². The summed E-state index contributed by atoms with van der Waals surface area (Å²) in [7, 11) is 1.58. The highest BCUT2D eigenvalue weighted by atomic mass is 16.5. The van der Waals surface area contributed by atoms with Crippen molar-refractivity contribution in [3.05, 3.63) is 48.0 Å². The molecule has 0 aromatic heterocycles. The maximum Gasteiger partial charge on any atom is 0.254 e. The second-order valence-corrected chi connectivity index (χ2v) is 5.58. The second kappa shape index (κ2) is 7.89. The number of hydrogen-bond acceptors (Lipinski definition) is 4. The van der Waals surface area contributed by atoms with Gasteiger partial charge in [-0.3, -0.25) is 9.59 Å². The Morgan fingerprint density at radius 3 is 2.74 bits per heavy atom. The molecule has 2 amide bonds. The summed E-state index contributed by atoms with van der Waals surface area (Å²) in [6.07, 6.45) is 1.24. The first-order chi connectivity index (χ1) is 11.0. The van der Waals surface area contributed by atoms with Crippen LogP contribution in [0.25, 0.3) is 0 Å². The second-order valence-electron chi connectivity index (χ2n) is 5.58. The van der Waals surface area contributed by atoms with E-state index in [0.717, 1.165) is 5.56 Å². The number of likely N-dealkylation sites (tertiary alicyclic amines) is 1. The zero-order valence-electron chi connectivity index (χ0n) is 13.2. The van der Waals surface area contributed by atoms with Gasteiger partial charge in [0.2, 0.25) is 5.91 Å². The van der Waals surface area contributed by atoms with E-state index in [1.165, 1.54) is 6.08 Å². The van der Waals surface area contributed by atoms with Crippen LogP contribution in [0.5, 0.6) is 0 Å². The number of ether oxygens (including phenoxy) is 1. The van der Waals surface area contributed by atoms with Gasteiger partial charge in [-0.25, -0.2) is 0 Å². The van der Waals surface area contributed by atoms with Crippen molar-refractivity contribution in [2.75, 3.05) is 20.3 Å². The highest BCUT2D eigenvalue weighted by molar-refractivity contribution is 5.94. The third-order valence-electron chi connectivity index (χ3n) is 3.87. The Hall–Kier alpha value is -2.18. The number of methoxy groups -OCH3 is 1. The van der Waals surface area contributed by atoms with Gasteiger partial charge in [-0.1, -0.05) is 18.7 Å². The lowest BCUT2D eigenvalue weighted by atomic mass is 10.1. The molecule has 0 radical (unpaired) electrons. The zero-order chi connectivity index (χ0) is 16.8. The van der Waals surface area contributed by atoms with Crippen LogP contribution >= 0.6 is 0 Å². The van der Waals surface area contributed by atoms with Crippen LogP contribution in [0, 0.1) is 0 Å². The van der Waals surface area contributed by atoms with Crippen molar-refractivity contribution >= 4 is 11.8 Å². The van der Waals surface area contributed by atoms with Crippen molar-refractivity contribution in [3.8, 4) is 0 Å². The molecule has 1 heterocycles. The van der Waals surface area contributed by atoms with Crippen LogP contribution in [-0.2, 0) is 16.1 Å². The number of aliphatic hydroxyl groups excluding tert-OH is 1. The lowest BCUT2D eigenvalue weighted by Crippen LogP contribution is -2.38. The van der Waals surface area contributed by atoms with Crippen molar-refractivity contribution < 1.29 is 19.4 Å². The van der Waals surface area contributed by atoms with Crippen LogP contribution in [0.15, 0.2) is 36.9 Å². The predicted molar refractivity (Wildman–Crippen MR) is 85.8 cm³/mol. The molecule has 1 fully saturated rings. The van der Waals surface area contributed by atoms with Crippen molar-refractivity contribution in [2.24, 2.45) is 0 Å². The summed E-state index contributed by atoms with van der Waals surface area (Å²) in [5.41, 5.74) is 1.45. The lowest BCUT2D eigenvalue weighted by Gasteiger charge is -2.23.